The fourth-order valence-corrected chi connectivity index (χ4v) is 4.60. The normalized spacial score (nSPS) is 19.2. The van der Waals surface area contributed by atoms with E-state index in [9.17, 15) is 9.59 Å². The molecule has 0 radical (unpaired) electrons. The van der Waals surface area contributed by atoms with Crippen molar-refractivity contribution < 1.29 is 19.1 Å². The second kappa shape index (κ2) is 11.4. The van der Waals surface area contributed by atoms with Crippen molar-refractivity contribution in [1.29, 1.82) is 0 Å². The Morgan fingerprint density at radius 1 is 1.00 bits per heavy atom. The van der Waals surface area contributed by atoms with Crippen molar-refractivity contribution in [1.82, 2.24) is 20.4 Å². The molecule has 186 valence electrons. The number of hydrogen-bond acceptors (Lipinski definition) is 6. The molecular weight excluding hydrogens is 444 g/mol. The number of esters is 1. The summed E-state index contributed by atoms with van der Waals surface area (Å²) >= 11 is 0. The summed E-state index contributed by atoms with van der Waals surface area (Å²) in [5, 5.41) is 5.77. The number of amides is 2. The molecule has 0 aromatic heterocycles. The van der Waals surface area contributed by atoms with E-state index in [0.717, 1.165) is 38.3 Å². The Morgan fingerprint density at radius 2 is 1.66 bits per heavy atom. The minimum atomic E-state index is -0.592. The van der Waals surface area contributed by atoms with E-state index in [0.29, 0.717) is 23.6 Å². The predicted molar refractivity (Wildman–Crippen MR) is 134 cm³/mol. The van der Waals surface area contributed by atoms with Gasteiger partial charge in [-0.15, -0.1) is 0 Å². The van der Waals surface area contributed by atoms with E-state index in [1.54, 1.807) is 14.0 Å². The monoisotopic (exact) mass is 478 g/mol. The lowest BCUT2D eigenvalue weighted by atomic mass is 9.94. The lowest BCUT2D eigenvalue weighted by Gasteiger charge is -2.37. The maximum Gasteiger partial charge on any atom is 0.338 e. The molecule has 2 aromatic rings. The van der Waals surface area contributed by atoms with Crippen molar-refractivity contribution in [2.75, 3.05) is 46.4 Å². The van der Waals surface area contributed by atoms with Crippen molar-refractivity contribution in [3.05, 3.63) is 76.5 Å². The van der Waals surface area contributed by atoms with Crippen LogP contribution < -0.4 is 15.4 Å². The molecule has 0 saturated carbocycles. The maximum atomic E-state index is 13.0. The molecule has 2 aliphatic rings. The number of methoxy groups -OCH3 is 1. The molecule has 0 bridgehead atoms. The first-order chi connectivity index (χ1) is 17.0. The molecule has 0 aliphatic carbocycles. The molecule has 2 amide bonds. The zero-order valence-electron chi connectivity index (χ0n) is 20.7. The van der Waals surface area contributed by atoms with Crippen molar-refractivity contribution in [3.8, 4) is 5.75 Å². The number of hydrogen-bond donors (Lipinski definition) is 2. The summed E-state index contributed by atoms with van der Waals surface area (Å²) in [7, 11) is 1.60. The highest BCUT2D eigenvalue weighted by atomic mass is 16.5. The van der Waals surface area contributed by atoms with Crippen LogP contribution in [0.25, 0.3) is 0 Å². The Bertz CT molecular complexity index is 1070. The first-order valence-electron chi connectivity index (χ1n) is 12.1. The van der Waals surface area contributed by atoms with E-state index >= 15 is 0 Å². The molecule has 2 aliphatic heterocycles. The van der Waals surface area contributed by atoms with Crippen LogP contribution in [0, 0.1) is 6.92 Å². The van der Waals surface area contributed by atoms with Crippen LogP contribution >= 0.6 is 0 Å². The van der Waals surface area contributed by atoms with Gasteiger partial charge in [-0.05, 0) is 42.7 Å². The highest BCUT2D eigenvalue weighted by Crippen LogP contribution is 2.29. The van der Waals surface area contributed by atoms with Crippen molar-refractivity contribution in [2.24, 2.45) is 0 Å². The van der Waals surface area contributed by atoms with Gasteiger partial charge in [-0.1, -0.05) is 36.4 Å². The molecule has 4 rings (SSSR count). The average Bonchev–Trinajstić information content (AvgIpc) is 2.86. The predicted octanol–water partition coefficient (Wildman–Crippen LogP) is 2.99. The number of piperazine rings is 1. The fourth-order valence-electron chi connectivity index (χ4n) is 4.60. The van der Waals surface area contributed by atoms with Gasteiger partial charge in [-0.25, -0.2) is 9.59 Å². The molecule has 35 heavy (non-hydrogen) atoms. The quantitative estimate of drug-likeness (QED) is 0.568. The number of nitrogens with zero attached hydrogens (tertiary/aromatic N) is 2. The summed E-state index contributed by atoms with van der Waals surface area (Å²) in [5.74, 6) is 0.286. The zero-order valence-corrected chi connectivity index (χ0v) is 20.7. The van der Waals surface area contributed by atoms with Crippen LogP contribution in [0.4, 0.5) is 4.79 Å². The van der Waals surface area contributed by atoms with E-state index in [2.05, 4.69) is 51.6 Å². The van der Waals surface area contributed by atoms with Crippen molar-refractivity contribution >= 4 is 12.0 Å². The van der Waals surface area contributed by atoms with Gasteiger partial charge in [0, 0.05) is 45.0 Å². The first kappa shape index (κ1) is 24.8. The second-order valence-corrected chi connectivity index (χ2v) is 8.90. The SMILES string of the molecule is CCOC(=O)C1=C(CN2CCN(Cc3ccccc3C)CC2)NC(=O)NC1c1ccc(OC)cc1. The molecule has 1 unspecified atom stereocenters. The topological polar surface area (TPSA) is 83.1 Å². The summed E-state index contributed by atoms with van der Waals surface area (Å²) in [5.41, 5.74) is 4.49. The highest BCUT2D eigenvalue weighted by Gasteiger charge is 2.34. The number of aryl methyl sites for hydroxylation is 1. The van der Waals surface area contributed by atoms with Crippen molar-refractivity contribution in [2.45, 2.75) is 26.4 Å². The molecule has 2 N–H and O–H groups in total. The largest absolute Gasteiger partial charge is 0.497 e. The van der Waals surface area contributed by atoms with E-state index in [-0.39, 0.29) is 12.6 Å². The van der Waals surface area contributed by atoms with Crippen LogP contribution in [-0.4, -0.2) is 68.2 Å². The summed E-state index contributed by atoms with van der Waals surface area (Å²) in [6.07, 6.45) is 0. The van der Waals surface area contributed by atoms with Gasteiger partial charge in [0.25, 0.3) is 0 Å². The van der Waals surface area contributed by atoms with Gasteiger partial charge in [-0.3, -0.25) is 9.80 Å². The highest BCUT2D eigenvalue weighted by molar-refractivity contribution is 5.95. The van der Waals surface area contributed by atoms with Crippen LogP contribution in [0.3, 0.4) is 0 Å². The summed E-state index contributed by atoms with van der Waals surface area (Å²) in [6.45, 7) is 9.14. The summed E-state index contributed by atoms with van der Waals surface area (Å²) in [4.78, 5) is 30.3. The Labute approximate surface area is 206 Å². The lowest BCUT2D eigenvalue weighted by Crippen LogP contribution is -2.51. The summed E-state index contributed by atoms with van der Waals surface area (Å²) in [6, 6.07) is 14.9. The van der Waals surface area contributed by atoms with Crippen LogP contribution in [0.15, 0.2) is 59.8 Å². The number of urea groups is 1. The molecular formula is C27H34N4O4. The zero-order chi connectivity index (χ0) is 24.8. The number of rotatable bonds is 8. The standard InChI is InChI=1S/C27H34N4O4/c1-4-35-26(32)24-23(28-27(33)29-25(24)20-9-11-22(34-3)12-10-20)18-31-15-13-30(14-16-31)17-21-8-6-5-7-19(21)2/h5-12,25H,4,13-18H2,1-3H3,(H2,28,29,33). The number of carbonyl (C=O) groups is 2. The minimum Gasteiger partial charge on any atom is -0.497 e. The van der Waals surface area contributed by atoms with Gasteiger partial charge in [0.1, 0.15) is 5.75 Å². The van der Waals surface area contributed by atoms with Gasteiger partial charge in [0.05, 0.1) is 25.3 Å². The van der Waals surface area contributed by atoms with Gasteiger partial charge in [0.2, 0.25) is 0 Å². The molecule has 8 nitrogen and oxygen atoms in total. The lowest BCUT2D eigenvalue weighted by molar-refractivity contribution is -0.139. The van der Waals surface area contributed by atoms with Crippen molar-refractivity contribution in [3.63, 3.8) is 0 Å². The van der Waals surface area contributed by atoms with Crippen LogP contribution in [-0.2, 0) is 16.1 Å². The van der Waals surface area contributed by atoms with Gasteiger partial charge < -0.3 is 20.1 Å². The van der Waals surface area contributed by atoms with Crippen LogP contribution in [0.2, 0.25) is 0 Å². The third kappa shape index (κ3) is 6.01. The van der Waals surface area contributed by atoms with E-state index in [1.807, 2.05) is 24.3 Å². The molecule has 0 spiro atoms. The van der Waals surface area contributed by atoms with Gasteiger partial charge >= 0.3 is 12.0 Å². The number of benzene rings is 2. The number of carbonyl (C=O) groups excluding carboxylic acids is 2. The average molecular weight is 479 g/mol. The molecule has 8 heteroatoms. The minimum absolute atomic E-state index is 0.260. The molecule has 1 saturated heterocycles. The van der Waals surface area contributed by atoms with Crippen LogP contribution in [0.1, 0.15) is 29.7 Å². The van der Waals surface area contributed by atoms with E-state index < -0.39 is 12.0 Å². The Morgan fingerprint density at radius 3 is 2.29 bits per heavy atom. The fraction of sp³-hybridized carbons (Fsp3) is 0.407. The molecule has 1 fully saturated rings. The number of ether oxygens (including phenoxy) is 2. The Hall–Kier alpha value is -3.36. The van der Waals surface area contributed by atoms with Gasteiger partial charge in [-0.2, -0.15) is 0 Å². The van der Waals surface area contributed by atoms with Gasteiger partial charge in [0.15, 0.2) is 0 Å². The van der Waals surface area contributed by atoms with Crippen LogP contribution in [0.5, 0.6) is 5.75 Å². The first-order valence-corrected chi connectivity index (χ1v) is 12.1. The second-order valence-electron chi connectivity index (χ2n) is 8.90. The summed E-state index contributed by atoms with van der Waals surface area (Å²) < 4.78 is 10.6. The molecule has 2 aromatic carbocycles. The third-order valence-electron chi connectivity index (χ3n) is 6.60. The number of nitrogens with one attached hydrogen (secondary N) is 2. The smallest absolute Gasteiger partial charge is 0.338 e. The maximum absolute atomic E-state index is 13.0. The third-order valence-corrected chi connectivity index (χ3v) is 6.60. The molecule has 1 atom stereocenters. The van der Waals surface area contributed by atoms with E-state index in [4.69, 9.17) is 9.47 Å². The Kier molecular flexibility index (Phi) is 8.05. The Balaban J connectivity index is 1.50. The molecule has 2 heterocycles. The van der Waals surface area contributed by atoms with E-state index in [1.165, 1.54) is 11.1 Å².